The molecule has 1 saturated heterocycles. The van der Waals surface area contributed by atoms with Crippen LogP contribution in [0.4, 0.5) is 0 Å². The molecule has 98 valence electrons. The minimum atomic E-state index is -0.267. The van der Waals surface area contributed by atoms with E-state index in [4.69, 9.17) is 5.11 Å². The quantitative estimate of drug-likeness (QED) is 0.634. The molecule has 1 aliphatic rings. The first-order valence-corrected chi connectivity index (χ1v) is 5.82. The monoisotopic (exact) mass is 259 g/mol. The van der Waals surface area contributed by atoms with Crippen molar-refractivity contribution in [2.45, 2.75) is 0 Å². The number of piperazine rings is 1. The Balaban J connectivity index is 2.09. The molecule has 0 aliphatic carbocycles. The molecule has 1 aromatic rings. The molecule has 19 heavy (non-hydrogen) atoms. The minimum absolute atomic E-state index is 0.0621. The lowest BCUT2D eigenvalue weighted by atomic mass is 10.2. The van der Waals surface area contributed by atoms with Gasteiger partial charge in [0.1, 0.15) is 12.3 Å². The number of carbonyl (C=O) groups is 2. The second-order valence-electron chi connectivity index (χ2n) is 3.97. The van der Waals surface area contributed by atoms with E-state index >= 15 is 0 Å². The van der Waals surface area contributed by atoms with Crippen molar-refractivity contribution in [1.82, 2.24) is 15.2 Å². The average Bonchev–Trinajstić information content (AvgIpc) is 2.45. The zero-order chi connectivity index (χ0) is 13.7. The van der Waals surface area contributed by atoms with Gasteiger partial charge in [-0.3, -0.25) is 9.59 Å². The van der Waals surface area contributed by atoms with E-state index in [0.29, 0.717) is 18.7 Å². The summed E-state index contributed by atoms with van der Waals surface area (Å²) in [5, 5.41) is 11.2. The van der Waals surface area contributed by atoms with Crippen LogP contribution in [0.25, 0.3) is 0 Å². The van der Waals surface area contributed by atoms with E-state index in [2.05, 4.69) is 22.1 Å². The number of aromatic nitrogens is 1. The van der Waals surface area contributed by atoms with Gasteiger partial charge in [0.15, 0.2) is 0 Å². The normalized spacial score (nSPS) is 14.4. The lowest BCUT2D eigenvalue weighted by Crippen LogP contribution is -2.50. The molecule has 6 nitrogen and oxygen atoms in total. The summed E-state index contributed by atoms with van der Waals surface area (Å²) in [7, 11) is 0. The Morgan fingerprint density at radius 2 is 2.37 bits per heavy atom. The Morgan fingerprint density at radius 3 is 3.00 bits per heavy atom. The third kappa shape index (κ3) is 3.30. The van der Waals surface area contributed by atoms with E-state index in [-0.39, 0.29) is 30.7 Å². The van der Waals surface area contributed by atoms with E-state index in [1.165, 1.54) is 11.1 Å². The molecule has 0 radical (unpaired) electrons. The summed E-state index contributed by atoms with van der Waals surface area (Å²) in [6, 6.07) is 3.23. The highest BCUT2D eigenvalue weighted by Crippen LogP contribution is 2.05. The summed E-state index contributed by atoms with van der Waals surface area (Å²) in [4.78, 5) is 28.8. The summed E-state index contributed by atoms with van der Waals surface area (Å²) in [5.41, 5.74) is 0.909. The summed E-state index contributed by atoms with van der Waals surface area (Å²) >= 11 is 0. The first kappa shape index (κ1) is 13.1. The Kier molecular flexibility index (Phi) is 4.11. The molecular weight excluding hydrogens is 246 g/mol. The van der Waals surface area contributed by atoms with Crippen molar-refractivity contribution in [3.8, 4) is 11.8 Å². The number of hydrogen-bond acceptors (Lipinski definition) is 4. The van der Waals surface area contributed by atoms with Crippen LogP contribution in [-0.2, 0) is 4.79 Å². The number of aliphatic hydroxyl groups excluding tert-OH is 1. The lowest BCUT2D eigenvalue weighted by molar-refractivity contribution is -0.123. The fourth-order valence-corrected chi connectivity index (χ4v) is 1.71. The highest BCUT2D eigenvalue weighted by Gasteiger charge is 2.22. The third-order valence-electron chi connectivity index (χ3n) is 2.62. The molecule has 2 N–H and O–H groups in total. The standard InChI is InChI=1S/C13H13N3O3/c17-7-1-2-10-3-4-11(15-8-10)13(19)16-6-5-14-12(18)9-16/h3-4,8,17H,5-7,9H2,(H,14,18). The van der Waals surface area contributed by atoms with Crippen molar-refractivity contribution in [2.24, 2.45) is 0 Å². The Labute approximate surface area is 110 Å². The van der Waals surface area contributed by atoms with Crippen molar-refractivity contribution in [3.05, 3.63) is 29.6 Å². The van der Waals surface area contributed by atoms with Crippen LogP contribution in [0, 0.1) is 11.8 Å². The summed E-state index contributed by atoms with van der Waals surface area (Å²) in [6.45, 7) is 0.791. The molecule has 0 bridgehead atoms. The molecule has 1 fully saturated rings. The maximum Gasteiger partial charge on any atom is 0.272 e. The number of carbonyl (C=O) groups excluding carboxylic acids is 2. The van der Waals surface area contributed by atoms with Crippen LogP contribution in [0.3, 0.4) is 0 Å². The Bertz CT molecular complexity index is 542. The fraction of sp³-hybridized carbons (Fsp3) is 0.308. The van der Waals surface area contributed by atoms with Crippen molar-refractivity contribution >= 4 is 11.8 Å². The van der Waals surface area contributed by atoms with Gasteiger partial charge < -0.3 is 15.3 Å². The van der Waals surface area contributed by atoms with Crippen molar-refractivity contribution < 1.29 is 14.7 Å². The van der Waals surface area contributed by atoms with Gasteiger partial charge in [0.05, 0.1) is 6.54 Å². The third-order valence-corrected chi connectivity index (χ3v) is 2.62. The number of rotatable bonds is 1. The number of hydrogen-bond donors (Lipinski definition) is 2. The fourth-order valence-electron chi connectivity index (χ4n) is 1.71. The van der Waals surface area contributed by atoms with Gasteiger partial charge in [0.2, 0.25) is 5.91 Å². The van der Waals surface area contributed by atoms with Gasteiger partial charge in [-0.25, -0.2) is 4.98 Å². The molecule has 0 spiro atoms. The summed E-state index contributed by atoms with van der Waals surface area (Å²) in [5.74, 6) is 4.77. The molecule has 0 aromatic carbocycles. The van der Waals surface area contributed by atoms with Gasteiger partial charge in [-0.1, -0.05) is 11.8 Å². The van der Waals surface area contributed by atoms with Crippen LogP contribution in [0.5, 0.6) is 0 Å². The number of nitrogens with one attached hydrogen (secondary N) is 1. The zero-order valence-electron chi connectivity index (χ0n) is 10.2. The molecular formula is C13H13N3O3. The number of aliphatic hydroxyl groups is 1. The van der Waals surface area contributed by atoms with Crippen LogP contribution in [0.1, 0.15) is 16.1 Å². The van der Waals surface area contributed by atoms with Gasteiger partial charge in [0, 0.05) is 24.8 Å². The van der Waals surface area contributed by atoms with Crippen LogP contribution >= 0.6 is 0 Å². The van der Waals surface area contributed by atoms with Crippen LogP contribution in [0.15, 0.2) is 18.3 Å². The predicted molar refractivity (Wildman–Crippen MR) is 67.1 cm³/mol. The molecule has 1 aromatic heterocycles. The van der Waals surface area contributed by atoms with Crippen LogP contribution in [0.2, 0.25) is 0 Å². The van der Waals surface area contributed by atoms with E-state index in [9.17, 15) is 9.59 Å². The second-order valence-corrected chi connectivity index (χ2v) is 3.97. The average molecular weight is 259 g/mol. The molecule has 0 unspecified atom stereocenters. The number of nitrogens with zero attached hydrogens (tertiary/aromatic N) is 2. The van der Waals surface area contributed by atoms with Crippen LogP contribution < -0.4 is 5.32 Å². The Hall–Kier alpha value is -2.39. The minimum Gasteiger partial charge on any atom is -0.384 e. The van der Waals surface area contributed by atoms with Crippen LogP contribution in [-0.4, -0.2) is 53.0 Å². The molecule has 2 amide bonds. The predicted octanol–water partition coefficient (Wildman–Crippen LogP) is -1.00. The van der Waals surface area contributed by atoms with Gasteiger partial charge in [-0.15, -0.1) is 0 Å². The number of amides is 2. The van der Waals surface area contributed by atoms with E-state index < -0.39 is 0 Å². The maximum atomic E-state index is 12.1. The highest BCUT2D eigenvalue weighted by molar-refractivity contribution is 5.95. The molecule has 2 heterocycles. The smallest absolute Gasteiger partial charge is 0.272 e. The molecule has 0 saturated carbocycles. The summed E-state index contributed by atoms with van der Waals surface area (Å²) in [6.07, 6.45) is 1.47. The van der Waals surface area contributed by atoms with E-state index in [1.807, 2.05) is 0 Å². The van der Waals surface area contributed by atoms with Gasteiger partial charge >= 0.3 is 0 Å². The van der Waals surface area contributed by atoms with Gasteiger partial charge in [0.25, 0.3) is 5.91 Å². The topological polar surface area (TPSA) is 82.5 Å². The summed E-state index contributed by atoms with van der Waals surface area (Å²) < 4.78 is 0. The Morgan fingerprint density at radius 1 is 1.53 bits per heavy atom. The number of pyridine rings is 1. The first-order chi connectivity index (χ1) is 9.20. The van der Waals surface area contributed by atoms with Gasteiger partial charge in [-0.05, 0) is 12.1 Å². The SMILES string of the molecule is O=C1CN(C(=O)c2ccc(C#CCO)cn2)CCN1. The van der Waals surface area contributed by atoms with E-state index in [1.54, 1.807) is 12.1 Å². The first-order valence-electron chi connectivity index (χ1n) is 5.82. The van der Waals surface area contributed by atoms with E-state index in [0.717, 1.165) is 0 Å². The van der Waals surface area contributed by atoms with Crippen molar-refractivity contribution in [1.29, 1.82) is 0 Å². The lowest BCUT2D eigenvalue weighted by Gasteiger charge is -2.26. The molecule has 6 heteroatoms. The second kappa shape index (κ2) is 5.98. The maximum absolute atomic E-state index is 12.1. The highest BCUT2D eigenvalue weighted by atomic mass is 16.2. The van der Waals surface area contributed by atoms with Crippen molar-refractivity contribution in [2.75, 3.05) is 26.2 Å². The van der Waals surface area contributed by atoms with Crippen molar-refractivity contribution in [3.63, 3.8) is 0 Å². The zero-order valence-corrected chi connectivity index (χ0v) is 10.2. The van der Waals surface area contributed by atoms with Gasteiger partial charge in [-0.2, -0.15) is 0 Å². The largest absolute Gasteiger partial charge is 0.384 e. The molecule has 0 atom stereocenters. The molecule has 1 aliphatic heterocycles. The molecule has 2 rings (SSSR count).